The number of carbonyl (C=O) groups is 1. The Morgan fingerprint density at radius 3 is 0.826 bits per heavy atom. The van der Waals surface area contributed by atoms with E-state index in [1.165, 1.54) is 366 Å². The zero-order valence-corrected chi connectivity index (χ0v) is 57.9. The van der Waals surface area contributed by atoms with Gasteiger partial charge in [-0.2, -0.15) is 0 Å². The number of nitrogens with one attached hydrogen (secondary N) is 1. The molecular formula is C77H153NO8. The van der Waals surface area contributed by atoms with E-state index >= 15 is 0 Å². The third kappa shape index (κ3) is 54.9. The van der Waals surface area contributed by atoms with Gasteiger partial charge in [-0.05, 0) is 12.8 Å². The predicted molar refractivity (Wildman–Crippen MR) is 369 cm³/mol. The molecule has 0 bridgehead atoms. The number of unbranched alkanes of at least 4 members (excludes halogenated alkanes) is 61. The van der Waals surface area contributed by atoms with Crippen LogP contribution in [0.5, 0.6) is 0 Å². The van der Waals surface area contributed by atoms with Gasteiger partial charge in [0.05, 0.1) is 25.4 Å². The lowest BCUT2D eigenvalue weighted by Gasteiger charge is -2.40. The Balaban J connectivity index is 2.02. The minimum absolute atomic E-state index is 0.130. The lowest BCUT2D eigenvalue weighted by atomic mass is 9.99. The van der Waals surface area contributed by atoms with Gasteiger partial charge in [0.1, 0.15) is 24.4 Å². The number of rotatable bonds is 71. The number of hydrogen-bond acceptors (Lipinski definition) is 8. The standard InChI is InChI=1S/C77H153NO8/c1-3-5-7-9-11-13-15-17-19-21-23-25-27-29-30-31-32-33-34-35-36-37-38-39-40-41-42-43-45-47-49-51-53-55-57-59-61-63-65-67-73(81)78-70(69-85-77-76(84)75(83)74(82)72(68-79)86-77)71(80)66-64-62-60-58-56-54-52-50-48-46-44-28-26-24-22-20-18-16-14-12-10-8-6-4-2/h70-72,74-77,79-80,82-84H,3-69H2,1-2H3,(H,78,81). The second-order valence-corrected chi connectivity index (χ2v) is 27.9. The van der Waals surface area contributed by atoms with Gasteiger partial charge in [0.15, 0.2) is 6.29 Å². The van der Waals surface area contributed by atoms with Gasteiger partial charge in [-0.25, -0.2) is 0 Å². The molecule has 0 aromatic carbocycles. The number of amides is 1. The van der Waals surface area contributed by atoms with Gasteiger partial charge in [0.25, 0.3) is 0 Å². The van der Waals surface area contributed by atoms with E-state index in [1.54, 1.807) is 0 Å². The Morgan fingerprint density at radius 1 is 0.349 bits per heavy atom. The fourth-order valence-corrected chi connectivity index (χ4v) is 13.3. The number of aliphatic hydroxyl groups is 5. The summed E-state index contributed by atoms with van der Waals surface area (Å²) in [5.41, 5.74) is 0. The normalized spacial score (nSPS) is 17.9. The first kappa shape index (κ1) is 83.2. The highest BCUT2D eigenvalue weighted by Crippen LogP contribution is 2.24. The largest absolute Gasteiger partial charge is 0.394 e. The molecule has 1 rings (SSSR count). The third-order valence-corrected chi connectivity index (χ3v) is 19.5. The van der Waals surface area contributed by atoms with E-state index in [2.05, 4.69) is 19.2 Å². The smallest absolute Gasteiger partial charge is 0.220 e. The number of aliphatic hydroxyl groups excluding tert-OH is 5. The van der Waals surface area contributed by atoms with Crippen LogP contribution in [-0.2, 0) is 14.3 Å². The summed E-state index contributed by atoms with van der Waals surface area (Å²) in [7, 11) is 0. The van der Waals surface area contributed by atoms with Crippen molar-refractivity contribution in [2.45, 2.75) is 474 Å². The SMILES string of the molecule is CCCCCCCCCCCCCCCCCCCCCCCCCCCCCCCCCCCCCCCCCC(=O)NC(COC1OC(CO)C(O)C(O)C1O)C(O)CCCCCCCCCCCCCCCCCCCCCCCCCC. The van der Waals surface area contributed by atoms with Crippen LogP contribution in [0.1, 0.15) is 431 Å². The van der Waals surface area contributed by atoms with Crippen molar-refractivity contribution in [3.8, 4) is 0 Å². The molecule has 0 radical (unpaired) electrons. The molecule has 9 heteroatoms. The summed E-state index contributed by atoms with van der Waals surface area (Å²) >= 11 is 0. The van der Waals surface area contributed by atoms with Crippen molar-refractivity contribution in [2.24, 2.45) is 0 Å². The van der Waals surface area contributed by atoms with Gasteiger partial charge < -0.3 is 40.3 Å². The lowest BCUT2D eigenvalue weighted by Crippen LogP contribution is -2.60. The van der Waals surface area contributed by atoms with Crippen molar-refractivity contribution in [1.82, 2.24) is 5.32 Å². The molecular weight excluding hydrogens is 1070 g/mol. The molecule has 1 amide bonds. The van der Waals surface area contributed by atoms with Gasteiger partial charge >= 0.3 is 0 Å². The summed E-state index contributed by atoms with van der Waals surface area (Å²) in [4.78, 5) is 13.2. The van der Waals surface area contributed by atoms with E-state index in [1.807, 2.05) is 0 Å². The van der Waals surface area contributed by atoms with Crippen molar-refractivity contribution in [3.63, 3.8) is 0 Å². The topological polar surface area (TPSA) is 149 Å². The molecule has 1 saturated heterocycles. The average Bonchev–Trinajstić information content (AvgIpc) is 3.55. The number of ether oxygens (including phenoxy) is 2. The molecule has 9 nitrogen and oxygen atoms in total. The Labute approximate surface area is 535 Å². The summed E-state index contributed by atoms with van der Waals surface area (Å²) in [6.07, 6.45) is 79.3. The van der Waals surface area contributed by atoms with Crippen molar-refractivity contribution < 1.29 is 39.8 Å². The summed E-state index contributed by atoms with van der Waals surface area (Å²) in [6.45, 7) is 3.92. The minimum Gasteiger partial charge on any atom is -0.394 e. The van der Waals surface area contributed by atoms with Crippen LogP contribution in [0, 0.1) is 0 Å². The van der Waals surface area contributed by atoms with Crippen LogP contribution < -0.4 is 5.32 Å². The molecule has 86 heavy (non-hydrogen) atoms. The molecule has 0 saturated carbocycles. The van der Waals surface area contributed by atoms with Crippen LogP contribution in [0.4, 0.5) is 0 Å². The number of carbonyl (C=O) groups excluding carboxylic acids is 1. The molecule has 1 fully saturated rings. The van der Waals surface area contributed by atoms with Gasteiger partial charge in [0, 0.05) is 6.42 Å². The van der Waals surface area contributed by atoms with E-state index in [0.29, 0.717) is 12.8 Å². The van der Waals surface area contributed by atoms with Crippen molar-refractivity contribution in [1.29, 1.82) is 0 Å². The van der Waals surface area contributed by atoms with Crippen LogP contribution in [0.2, 0.25) is 0 Å². The average molecular weight is 1220 g/mol. The molecule has 0 spiro atoms. The fraction of sp³-hybridized carbons (Fsp3) is 0.987. The Morgan fingerprint density at radius 2 is 0.581 bits per heavy atom. The molecule has 1 aliphatic rings. The second kappa shape index (κ2) is 67.1. The van der Waals surface area contributed by atoms with Crippen molar-refractivity contribution in [3.05, 3.63) is 0 Å². The molecule has 0 aromatic heterocycles. The van der Waals surface area contributed by atoms with Gasteiger partial charge in [0.2, 0.25) is 5.91 Å². The van der Waals surface area contributed by atoms with E-state index in [-0.39, 0.29) is 12.5 Å². The first-order valence-electron chi connectivity index (χ1n) is 39.2. The van der Waals surface area contributed by atoms with Gasteiger partial charge in [-0.15, -0.1) is 0 Å². The van der Waals surface area contributed by atoms with Crippen molar-refractivity contribution >= 4 is 5.91 Å². The maximum Gasteiger partial charge on any atom is 0.220 e. The summed E-state index contributed by atoms with van der Waals surface area (Å²) in [5.74, 6) is -0.132. The zero-order chi connectivity index (χ0) is 62.1. The zero-order valence-electron chi connectivity index (χ0n) is 57.9. The third-order valence-electron chi connectivity index (χ3n) is 19.5. The first-order valence-corrected chi connectivity index (χ1v) is 39.2. The molecule has 0 aliphatic carbocycles. The van der Waals surface area contributed by atoms with Gasteiger partial charge in [-0.3, -0.25) is 4.79 Å². The summed E-state index contributed by atoms with van der Waals surface area (Å²) in [5, 5.41) is 55.0. The molecule has 1 heterocycles. The molecule has 514 valence electrons. The maximum atomic E-state index is 13.2. The Hall–Kier alpha value is -0.810. The van der Waals surface area contributed by atoms with Crippen LogP contribution in [0.25, 0.3) is 0 Å². The molecule has 0 aromatic rings. The lowest BCUT2D eigenvalue weighted by molar-refractivity contribution is -0.302. The summed E-state index contributed by atoms with van der Waals surface area (Å²) in [6, 6.07) is -0.716. The Kier molecular flexibility index (Phi) is 64.9. The van der Waals surface area contributed by atoms with Crippen molar-refractivity contribution in [2.75, 3.05) is 13.2 Å². The Bertz CT molecular complexity index is 1320. The van der Waals surface area contributed by atoms with Crippen LogP contribution >= 0.6 is 0 Å². The molecule has 1 aliphatic heterocycles. The summed E-state index contributed by atoms with van der Waals surface area (Å²) < 4.78 is 11.4. The fourth-order valence-electron chi connectivity index (χ4n) is 13.3. The van der Waals surface area contributed by atoms with E-state index in [0.717, 1.165) is 38.5 Å². The predicted octanol–water partition coefficient (Wildman–Crippen LogP) is 22.0. The first-order chi connectivity index (χ1) is 42.3. The molecule has 7 atom stereocenters. The van der Waals surface area contributed by atoms with E-state index in [4.69, 9.17) is 9.47 Å². The molecule has 7 unspecified atom stereocenters. The highest BCUT2D eigenvalue weighted by molar-refractivity contribution is 5.76. The quantitative estimate of drug-likeness (QED) is 0.0330. The van der Waals surface area contributed by atoms with Crippen LogP contribution in [0.3, 0.4) is 0 Å². The minimum atomic E-state index is -1.55. The highest BCUT2D eigenvalue weighted by Gasteiger charge is 2.44. The van der Waals surface area contributed by atoms with Crippen LogP contribution in [0.15, 0.2) is 0 Å². The number of hydrogen-bond donors (Lipinski definition) is 6. The molecule has 6 N–H and O–H groups in total. The monoisotopic (exact) mass is 1220 g/mol. The van der Waals surface area contributed by atoms with Gasteiger partial charge in [-0.1, -0.05) is 412 Å². The van der Waals surface area contributed by atoms with E-state index < -0.39 is 49.5 Å². The highest BCUT2D eigenvalue weighted by atomic mass is 16.7. The van der Waals surface area contributed by atoms with E-state index in [9.17, 15) is 30.3 Å². The second-order valence-electron chi connectivity index (χ2n) is 27.9. The maximum absolute atomic E-state index is 13.2. The van der Waals surface area contributed by atoms with Crippen LogP contribution in [-0.4, -0.2) is 87.5 Å².